The maximum atomic E-state index is 12.9. The van der Waals surface area contributed by atoms with Gasteiger partial charge in [-0.25, -0.2) is 19.7 Å². The fraction of sp³-hybridized carbons (Fsp3) is 0.200. The molecule has 0 unspecified atom stereocenters. The fourth-order valence-corrected chi connectivity index (χ4v) is 4.55. The number of carboxylic acid groups (broad SMARTS) is 1. The number of nitrogens with one attached hydrogen (secondary N) is 3. The van der Waals surface area contributed by atoms with E-state index in [4.69, 9.17) is 4.74 Å². The van der Waals surface area contributed by atoms with Crippen molar-refractivity contribution in [3.63, 3.8) is 0 Å². The lowest BCUT2D eigenvalue weighted by atomic mass is 10.1. The maximum absolute atomic E-state index is 12.9. The molecular formula is C30H30N6O5S. The van der Waals surface area contributed by atoms with Crippen molar-refractivity contribution >= 4 is 41.1 Å². The van der Waals surface area contributed by atoms with E-state index in [1.165, 1.54) is 11.3 Å². The molecule has 0 radical (unpaired) electrons. The number of rotatable bonds is 13. The van der Waals surface area contributed by atoms with Crippen molar-refractivity contribution in [2.24, 2.45) is 0 Å². The molecule has 2 amide bonds. The molecule has 0 aliphatic heterocycles. The van der Waals surface area contributed by atoms with Crippen LogP contribution in [0.15, 0.2) is 72.1 Å². The molecule has 0 saturated heterocycles. The molecule has 1 aromatic carbocycles. The number of amides is 2. The van der Waals surface area contributed by atoms with Crippen molar-refractivity contribution in [3.05, 3.63) is 105 Å². The predicted octanol–water partition coefficient (Wildman–Crippen LogP) is 3.87. The Morgan fingerprint density at radius 2 is 1.71 bits per heavy atom. The Kier molecular flexibility index (Phi) is 10.3. The topological polar surface area (TPSA) is 155 Å². The Balaban J connectivity index is 1.31. The van der Waals surface area contributed by atoms with Crippen molar-refractivity contribution in [3.8, 4) is 5.88 Å². The zero-order chi connectivity index (χ0) is 29.9. The molecule has 0 spiro atoms. The number of thiophene rings is 1. The zero-order valence-electron chi connectivity index (χ0n) is 23.0. The monoisotopic (exact) mass is 586 g/mol. The average Bonchev–Trinajstić information content (AvgIpc) is 3.52. The lowest BCUT2D eigenvalue weighted by Gasteiger charge is -2.17. The third-order valence-electron chi connectivity index (χ3n) is 5.95. The van der Waals surface area contributed by atoms with E-state index in [-0.39, 0.29) is 12.1 Å². The number of aliphatic carboxylic acids is 1. The number of pyridine rings is 1. The number of ether oxygens (including phenoxy) is 1. The van der Waals surface area contributed by atoms with Gasteiger partial charge in [0.1, 0.15) is 12.6 Å². The normalized spacial score (nSPS) is 11.6. The van der Waals surface area contributed by atoms with Gasteiger partial charge in [-0.3, -0.25) is 9.59 Å². The molecule has 3 heterocycles. The molecule has 0 saturated carbocycles. The van der Waals surface area contributed by atoms with Crippen LogP contribution >= 0.6 is 11.3 Å². The van der Waals surface area contributed by atoms with Crippen LogP contribution in [0.4, 0.5) is 5.95 Å². The lowest BCUT2D eigenvalue weighted by Crippen LogP contribution is -2.48. The van der Waals surface area contributed by atoms with E-state index >= 15 is 0 Å². The molecule has 42 heavy (non-hydrogen) atoms. The minimum atomic E-state index is -1.33. The summed E-state index contributed by atoms with van der Waals surface area (Å²) in [6.45, 7) is 3.83. The second kappa shape index (κ2) is 14.5. The third kappa shape index (κ3) is 8.45. The standard InChI is InChI=1S/C30H30N6O5S/c1-19-26(28(38)36-23(29(39)40)17-32-27(37)24-13-8-16-42-24)20(2)34-30(33-19)31-15-7-12-22-11-6-14-25(35-22)41-18-21-9-4-3-5-10-21/h3-14,16,23H,15,17-18H2,1-2H3,(H,32,37)(H,36,38)(H,39,40)(H,31,33,34)/t23-/m0/s1. The van der Waals surface area contributed by atoms with Gasteiger partial charge in [0.15, 0.2) is 0 Å². The van der Waals surface area contributed by atoms with E-state index in [0.717, 1.165) is 11.3 Å². The third-order valence-corrected chi connectivity index (χ3v) is 6.82. The highest BCUT2D eigenvalue weighted by molar-refractivity contribution is 7.12. The summed E-state index contributed by atoms with van der Waals surface area (Å²) in [6.07, 6.45) is 3.70. The minimum absolute atomic E-state index is 0.170. The van der Waals surface area contributed by atoms with Crippen LogP contribution in [0.3, 0.4) is 0 Å². The highest BCUT2D eigenvalue weighted by Crippen LogP contribution is 2.14. The summed E-state index contributed by atoms with van der Waals surface area (Å²) in [4.78, 5) is 50.5. The molecule has 3 aromatic heterocycles. The van der Waals surface area contributed by atoms with Gasteiger partial charge in [-0.1, -0.05) is 48.5 Å². The molecule has 0 fully saturated rings. The Bertz CT molecular complexity index is 1540. The fourth-order valence-electron chi connectivity index (χ4n) is 3.91. The number of anilines is 1. The molecular weight excluding hydrogens is 556 g/mol. The molecule has 0 aliphatic carbocycles. The van der Waals surface area contributed by atoms with E-state index in [9.17, 15) is 19.5 Å². The molecule has 11 nitrogen and oxygen atoms in total. The minimum Gasteiger partial charge on any atom is -0.480 e. The van der Waals surface area contributed by atoms with E-state index in [2.05, 4.69) is 30.9 Å². The smallest absolute Gasteiger partial charge is 0.328 e. The Hall–Kier alpha value is -5.10. The first-order valence-corrected chi connectivity index (χ1v) is 13.9. The number of nitrogens with zero attached hydrogens (tertiary/aromatic N) is 3. The Labute approximate surface area is 246 Å². The molecule has 4 aromatic rings. The van der Waals surface area contributed by atoms with Gasteiger partial charge in [-0.15, -0.1) is 11.3 Å². The second-order valence-electron chi connectivity index (χ2n) is 9.10. The highest BCUT2D eigenvalue weighted by Gasteiger charge is 2.24. The van der Waals surface area contributed by atoms with Gasteiger partial charge in [-0.2, -0.15) is 0 Å². The summed E-state index contributed by atoms with van der Waals surface area (Å²) in [5, 5.41) is 19.4. The molecule has 12 heteroatoms. The zero-order valence-corrected chi connectivity index (χ0v) is 23.9. The molecule has 4 N–H and O–H groups in total. The van der Waals surface area contributed by atoms with Gasteiger partial charge in [0.2, 0.25) is 11.8 Å². The van der Waals surface area contributed by atoms with Crippen molar-refractivity contribution in [1.29, 1.82) is 0 Å². The first-order chi connectivity index (χ1) is 20.3. The van der Waals surface area contributed by atoms with Gasteiger partial charge in [0, 0.05) is 19.2 Å². The van der Waals surface area contributed by atoms with Gasteiger partial charge in [0.25, 0.3) is 11.8 Å². The quantitative estimate of drug-likeness (QED) is 0.183. The van der Waals surface area contributed by atoms with Crippen LogP contribution in [0, 0.1) is 13.8 Å². The number of carbonyl (C=O) groups excluding carboxylic acids is 2. The van der Waals surface area contributed by atoms with E-state index in [0.29, 0.717) is 41.2 Å². The summed E-state index contributed by atoms with van der Waals surface area (Å²) in [7, 11) is 0. The van der Waals surface area contributed by atoms with E-state index in [1.54, 1.807) is 37.4 Å². The molecule has 1 atom stereocenters. The second-order valence-corrected chi connectivity index (χ2v) is 10.1. The maximum Gasteiger partial charge on any atom is 0.328 e. The molecule has 216 valence electrons. The number of carbonyl (C=O) groups is 3. The summed E-state index contributed by atoms with van der Waals surface area (Å²) in [5.74, 6) is -1.50. The number of hydrogen-bond donors (Lipinski definition) is 4. The van der Waals surface area contributed by atoms with Crippen LogP contribution in [-0.2, 0) is 11.4 Å². The van der Waals surface area contributed by atoms with Crippen molar-refractivity contribution < 1.29 is 24.2 Å². The highest BCUT2D eigenvalue weighted by atomic mass is 32.1. The van der Waals surface area contributed by atoms with Gasteiger partial charge < -0.3 is 25.8 Å². The summed E-state index contributed by atoms with van der Waals surface area (Å²) < 4.78 is 5.78. The van der Waals surface area contributed by atoms with E-state index < -0.39 is 23.8 Å². The summed E-state index contributed by atoms with van der Waals surface area (Å²) in [6, 6.07) is 17.4. The molecule has 4 rings (SSSR count). The van der Waals surface area contributed by atoms with Crippen molar-refractivity contribution in [2.45, 2.75) is 26.5 Å². The van der Waals surface area contributed by atoms with Crippen molar-refractivity contribution in [1.82, 2.24) is 25.6 Å². The van der Waals surface area contributed by atoms with Gasteiger partial charge >= 0.3 is 5.97 Å². The van der Waals surface area contributed by atoms with Crippen LogP contribution in [0.2, 0.25) is 0 Å². The first-order valence-electron chi connectivity index (χ1n) is 13.0. The van der Waals surface area contributed by atoms with Gasteiger partial charge in [-0.05, 0) is 43.0 Å². The number of benzene rings is 1. The van der Waals surface area contributed by atoms with Crippen LogP contribution in [-0.4, -0.2) is 57.0 Å². The van der Waals surface area contributed by atoms with Crippen LogP contribution in [0.25, 0.3) is 6.08 Å². The van der Waals surface area contributed by atoms with E-state index in [1.807, 2.05) is 54.6 Å². The number of aromatic nitrogens is 3. The molecule has 0 bridgehead atoms. The average molecular weight is 587 g/mol. The largest absolute Gasteiger partial charge is 0.480 e. The number of aryl methyl sites for hydroxylation is 2. The lowest BCUT2D eigenvalue weighted by molar-refractivity contribution is -0.139. The first kappa shape index (κ1) is 29.9. The SMILES string of the molecule is Cc1nc(NCC=Cc2cccc(OCc3ccccc3)n2)nc(C)c1C(=O)N[C@@H](CNC(=O)c1cccs1)C(=O)O. The number of carboxylic acids is 1. The van der Waals surface area contributed by atoms with Gasteiger partial charge in [0.05, 0.1) is 27.5 Å². The predicted molar refractivity (Wildman–Crippen MR) is 160 cm³/mol. The summed E-state index contributed by atoms with van der Waals surface area (Å²) >= 11 is 1.23. The Morgan fingerprint density at radius 1 is 0.952 bits per heavy atom. The number of hydrogen-bond acceptors (Lipinski definition) is 9. The van der Waals surface area contributed by atoms with Crippen LogP contribution in [0.5, 0.6) is 5.88 Å². The summed E-state index contributed by atoms with van der Waals surface area (Å²) in [5.41, 5.74) is 2.70. The van der Waals surface area contributed by atoms with Crippen molar-refractivity contribution in [2.75, 3.05) is 18.4 Å². The van der Waals surface area contributed by atoms with Crippen LogP contribution in [0.1, 0.15) is 42.7 Å². The van der Waals surface area contributed by atoms with Crippen LogP contribution < -0.4 is 20.7 Å². The Morgan fingerprint density at radius 3 is 2.40 bits per heavy atom. The molecule has 0 aliphatic rings.